The summed E-state index contributed by atoms with van der Waals surface area (Å²) in [4.78, 5) is 46.3. The van der Waals surface area contributed by atoms with E-state index in [1.165, 1.54) is 6.07 Å². The number of anilines is 1. The van der Waals surface area contributed by atoms with E-state index in [1.54, 1.807) is 30.3 Å². The Hall–Kier alpha value is -1.84. The molecular formula is C28H32Cl2FN2O6P. The average Bonchev–Trinajstić information content (AvgIpc) is 3.27. The molecule has 1 saturated heterocycles. The highest BCUT2D eigenvalue weighted by Crippen LogP contribution is 2.57. The maximum Gasteiger partial charge on any atom is 0.469 e. The molecule has 5 rings (SSSR count). The summed E-state index contributed by atoms with van der Waals surface area (Å²) in [6, 6.07) is 8.28. The van der Waals surface area contributed by atoms with Gasteiger partial charge in [0.25, 0.3) is 0 Å². The first-order chi connectivity index (χ1) is 18.6. The van der Waals surface area contributed by atoms with E-state index < -0.39 is 43.2 Å². The zero-order chi connectivity index (χ0) is 29.2. The van der Waals surface area contributed by atoms with E-state index >= 15 is 4.39 Å². The van der Waals surface area contributed by atoms with Gasteiger partial charge in [0.05, 0.1) is 17.2 Å². The molecule has 0 aromatic heterocycles. The molecule has 4 atom stereocenters. The van der Waals surface area contributed by atoms with Gasteiger partial charge in [0, 0.05) is 29.1 Å². The quantitative estimate of drug-likeness (QED) is 0.294. The Labute approximate surface area is 242 Å². The first-order valence-electron chi connectivity index (χ1n) is 13.2. The molecule has 1 saturated carbocycles. The van der Waals surface area contributed by atoms with Gasteiger partial charge in [0.2, 0.25) is 5.91 Å². The summed E-state index contributed by atoms with van der Waals surface area (Å²) in [6.45, 7) is 6.12. The van der Waals surface area contributed by atoms with Crippen LogP contribution < -0.4 is 10.6 Å². The van der Waals surface area contributed by atoms with Crippen LogP contribution in [0, 0.1) is 17.2 Å². The number of carbonyl (C=O) groups is 2. The highest BCUT2D eigenvalue weighted by molar-refractivity contribution is 7.46. The number of benzene rings is 2. The lowest BCUT2D eigenvalue weighted by atomic mass is 9.62. The number of phosphoric acid groups is 1. The number of amides is 1. The molecule has 2 fully saturated rings. The monoisotopic (exact) mass is 612 g/mol. The number of fused-ring (bicyclic) bond motifs is 2. The largest absolute Gasteiger partial charge is 0.469 e. The van der Waals surface area contributed by atoms with Crippen LogP contribution >= 0.6 is 31.0 Å². The van der Waals surface area contributed by atoms with E-state index in [4.69, 9.17) is 37.5 Å². The van der Waals surface area contributed by atoms with Gasteiger partial charge in [-0.2, -0.15) is 0 Å². The van der Waals surface area contributed by atoms with E-state index in [0.717, 1.165) is 0 Å². The van der Waals surface area contributed by atoms with Crippen LogP contribution in [0.2, 0.25) is 10.0 Å². The number of nitrogens with one attached hydrogen (secondary N) is 2. The maximum absolute atomic E-state index is 15.8. The molecule has 216 valence electrons. The van der Waals surface area contributed by atoms with Crippen LogP contribution in [0.1, 0.15) is 63.5 Å². The van der Waals surface area contributed by atoms with Crippen LogP contribution in [0.15, 0.2) is 36.4 Å². The Morgan fingerprint density at radius 3 is 2.55 bits per heavy atom. The summed E-state index contributed by atoms with van der Waals surface area (Å²) in [7, 11) is -4.62. The van der Waals surface area contributed by atoms with Crippen LogP contribution in [0.5, 0.6) is 0 Å². The molecule has 12 heteroatoms. The molecule has 0 unspecified atom stereocenters. The molecule has 2 aliphatic heterocycles. The lowest BCUT2D eigenvalue weighted by molar-refractivity contribution is -0.124. The van der Waals surface area contributed by atoms with Crippen LogP contribution in [-0.2, 0) is 24.1 Å². The van der Waals surface area contributed by atoms with Crippen molar-refractivity contribution in [3.63, 3.8) is 0 Å². The Morgan fingerprint density at radius 2 is 1.90 bits per heavy atom. The highest BCUT2D eigenvalue weighted by Gasteiger charge is 2.66. The van der Waals surface area contributed by atoms with Crippen LogP contribution in [0.3, 0.4) is 0 Å². The highest BCUT2D eigenvalue weighted by atomic mass is 35.5. The molecule has 40 heavy (non-hydrogen) atoms. The molecule has 1 aliphatic carbocycles. The molecular weight excluding hydrogens is 581 g/mol. The second-order valence-corrected chi connectivity index (χ2v) is 14.4. The predicted octanol–water partition coefficient (Wildman–Crippen LogP) is 5.73. The summed E-state index contributed by atoms with van der Waals surface area (Å²) in [5.74, 6) is -2.31. The molecule has 0 radical (unpaired) electrons. The lowest BCUT2D eigenvalue weighted by Gasteiger charge is -2.38. The zero-order valence-electron chi connectivity index (χ0n) is 22.3. The SMILES string of the molecule is CC(C)(C)C[C@H]1N[C@@H](C(=O)CC2CC(OP(=O)(O)O)C2)[C@H](c2cccc(Cl)c2F)[C@@]12C(=O)Nc1cc(Cl)ccc12. The van der Waals surface area contributed by atoms with Crippen molar-refractivity contribution in [1.82, 2.24) is 5.32 Å². The number of ketones is 1. The Morgan fingerprint density at radius 1 is 1.20 bits per heavy atom. The summed E-state index contributed by atoms with van der Waals surface area (Å²) in [5, 5.41) is 6.73. The van der Waals surface area contributed by atoms with Crippen molar-refractivity contribution in [1.29, 1.82) is 0 Å². The van der Waals surface area contributed by atoms with E-state index in [9.17, 15) is 14.2 Å². The second kappa shape index (κ2) is 10.5. The topological polar surface area (TPSA) is 125 Å². The van der Waals surface area contributed by atoms with Crippen molar-refractivity contribution in [2.24, 2.45) is 11.3 Å². The standard InChI is InChI=1S/C28H32Cl2FN2O6P/c1-27(2,3)13-22-28(18-8-7-15(29)12-20(18)32-26(28)35)23(17-5-4-6-19(30)24(17)31)25(33-22)21(34)11-14-9-16(10-14)39-40(36,37)38/h4-8,12,14,16,22-23,25,33H,9-11,13H2,1-3H3,(H,32,35)(H2,36,37,38)/t14?,16?,22-,23+,25+,28+/m1/s1. The van der Waals surface area contributed by atoms with Crippen molar-refractivity contribution in [2.75, 3.05) is 5.32 Å². The van der Waals surface area contributed by atoms with Gasteiger partial charge in [0.15, 0.2) is 5.78 Å². The van der Waals surface area contributed by atoms with Crippen LogP contribution in [-0.4, -0.2) is 39.7 Å². The zero-order valence-corrected chi connectivity index (χ0v) is 24.7. The smallest absolute Gasteiger partial charge is 0.325 e. The lowest BCUT2D eigenvalue weighted by Crippen LogP contribution is -2.49. The number of phosphoric ester groups is 1. The number of halogens is 3. The molecule has 8 nitrogen and oxygen atoms in total. The Balaban J connectivity index is 1.59. The van der Waals surface area contributed by atoms with E-state index in [2.05, 4.69) is 10.6 Å². The molecule has 2 aromatic rings. The van der Waals surface area contributed by atoms with Crippen LogP contribution in [0.4, 0.5) is 10.1 Å². The number of carbonyl (C=O) groups excluding carboxylic acids is 2. The third-order valence-electron chi connectivity index (χ3n) is 8.25. The average molecular weight is 613 g/mol. The second-order valence-electron chi connectivity index (χ2n) is 12.3. The van der Waals surface area contributed by atoms with Gasteiger partial charge < -0.3 is 20.4 Å². The minimum Gasteiger partial charge on any atom is -0.325 e. The molecule has 4 N–H and O–H groups in total. The van der Waals surface area contributed by atoms with Crippen molar-refractivity contribution in [3.05, 3.63) is 63.4 Å². The van der Waals surface area contributed by atoms with Gasteiger partial charge in [-0.1, -0.05) is 62.2 Å². The summed E-state index contributed by atoms with van der Waals surface area (Å²) in [5.41, 5.74) is -0.248. The normalized spacial score (nSPS) is 29.8. The van der Waals surface area contributed by atoms with Gasteiger partial charge in [-0.15, -0.1) is 0 Å². The third kappa shape index (κ3) is 5.38. The molecule has 1 amide bonds. The molecule has 2 aromatic carbocycles. The summed E-state index contributed by atoms with van der Waals surface area (Å²) >= 11 is 12.5. The first kappa shape index (κ1) is 29.6. The minimum absolute atomic E-state index is 0.0881. The number of Topliss-reactive ketones (excluding diaryl/α,β-unsaturated/α-hetero) is 1. The van der Waals surface area contributed by atoms with Gasteiger partial charge in [0.1, 0.15) is 11.2 Å². The fourth-order valence-corrected chi connectivity index (χ4v) is 7.65. The van der Waals surface area contributed by atoms with E-state index in [0.29, 0.717) is 35.5 Å². The maximum atomic E-state index is 15.8. The van der Waals surface area contributed by atoms with Crippen molar-refractivity contribution >= 4 is 48.4 Å². The van der Waals surface area contributed by atoms with Crippen LogP contribution in [0.25, 0.3) is 0 Å². The number of hydrogen-bond acceptors (Lipinski definition) is 5. The van der Waals surface area contributed by atoms with Crippen molar-refractivity contribution in [3.8, 4) is 0 Å². The molecule has 3 aliphatic rings. The van der Waals surface area contributed by atoms with Crippen molar-refractivity contribution in [2.45, 2.75) is 76.0 Å². The van der Waals surface area contributed by atoms with Crippen molar-refractivity contribution < 1.29 is 32.9 Å². The third-order valence-corrected chi connectivity index (χ3v) is 9.35. The molecule has 1 spiro atoms. The molecule has 2 heterocycles. The fourth-order valence-electron chi connectivity index (χ4n) is 6.74. The van der Waals surface area contributed by atoms with Gasteiger partial charge in [-0.25, -0.2) is 8.96 Å². The summed E-state index contributed by atoms with van der Waals surface area (Å²) < 4.78 is 31.7. The minimum atomic E-state index is -4.62. The molecule has 0 bridgehead atoms. The van der Waals surface area contributed by atoms with Gasteiger partial charge in [-0.3, -0.25) is 14.1 Å². The van der Waals surface area contributed by atoms with E-state index in [1.807, 2.05) is 20.8 Å². The number of hydrogen-bond donors (Lipinski definition) is 4. The predicted molar refractivity (Wildman–Crippen MR) is 150 cm³/mol. The summed E-state index contributed by atoms with van der Waals surface area (Å²) in [6.07, 6.45) is 0.599. The van der Waals surface area contributed by atoms with E-state index in [-0.39, 0.29) is 40.0 Å². The van der Waals surface area contributed by atoms with Gasteiger partial charge >= 0.3 is 7.82 Å². The Kier molecular flexibility index (Phi) is 7.75. The Bertz CT molecular complexity index is 1410. The fraction of sp³-hybridized carbons (Fsp3) is 0.500. The number of rotatable bonds is 7. The van der Waals surface area contributed by atoms with Gasteiger partial charge in [-0.05, 0) is 59.9 Å². The first-order valence-corrected chi connectivity index (χ1v) is 15.5.